The van der Waals surface area contributed by atoms with Gasteiger partial charge in [0.1, 0.15) is 0 Å². The summed E-state index contributed by atoms with van der Waals surface area (Å²) in [5.74, 6) is 0.253. The molecular formula is C15H16ClN3O4. The molecule has 7 nitrogen and oxygen atoms in total. The molecule has 2 N–H and O–H groups in total. The van der Waals surface area contributed by atoms with Gasteiger partial charge in [-0.05, 0) is 24.3 Å². The molecule has 0 aliphatic heterocycles. The van der Waals surface area contributed by atoms with Gasteiger partial charge in [-0.25, -0.2) is 4.79 Å². The van der Waals surface area contributed by atoms with E-state index < -0.39 is 6.09 Å². The van der Waals surface area contributed by atoms with Crippen LogP contribution in [0.1, 0.15) is 5.69 Å². The molecule has 0 spiro atoms. The maximum Gasteiger partial charge on any atom is 0.407 e. The zero-order valence-electron chi connectivity index (χ0n) is 12.5. The van der Waals surface area contributed by atoms with E-state index in [-0.39, 0.29) is 12.5 Å². The number of carbonyl (C=O) groups is 2. The number of aromatic nitrogens is 1. The van der Waals surface area contributed by atoms with Crippen LogP contribution in [-0.2, 0) is 16.0 Å². The predicted molar refractivity (Wildman–Crippen MR) is 84.1 cm³/mol. The van der Waals surface area contributed by atoms with Crippen molar-refractivity contribution in [3.63, 3.8) is 0 Å². The first-order valence-corrected chi connectivity index (χ1v) is 7.29. The highest BCUT2D eigenvalue weighted by Crippen LogP contribution is 2.22. The van der Waals surface area contributed by atoms with Crippen LogP contribution in [0, 0.1) is 0 Å². The summed E-state index contributed by atoms with van der Waals surface area (Å²) < 4.78 is 9.95. The molecule has 0 saturated carbocycles. The summed E-state index contributed by atoms with van der Waals surface area (Å²) >= 11 is 5.83. The monoisotopic (exact) mass is 337 g/mol. The maximum absolute atomic E-state index is 11.3. The number of hydrogen-bond acceptors (Lipinski definition) is 5. The van der Waals surface area contributed by atoms with Gasteiger partial charge in [0.05, 0.1) is 5.69 Å². The number of halogens is 1. The number of nitrogens with one attached hydrogen (secondary N) is 2. The van der Waals surface area contributed by atoms with Gasteiger partial charge in [0.25, 0.3) is 5.91 Å². The van der Waals surface area contributed by atoms with Crippen molar-refractivity contribution in [2.75, 3.05) is 20.2 Å². The van der Waals surface area contributed by atoms with Gasteiger partial charge < -0.3 is 19.9 Å². The van der Waals surface area contributed by atoms with Crippen molar-refractivity contribution in [1.29, 1.82) is 0 Å². The minimum Gasteiger partial charge on any atom is -0.439 e. The van der Waals surface area contributed by atoms with E-state index in [9.17, 15) is 9.59 Å². The van der Waals surface area contributed by atoms with Crippen LogP contribution >= 0.6 is 11.6 Å². The minimum atomic E-state index is -0.657. The number of amides is 2. The molecule has 2 aromatic rings. The summed E-state index contributed by atoms with van der Waals surface area (Å²) in [5.41, 5.74) is 1.56. The van der Waals surface area contributed by atoms with Gasteiger partial charge in [0.15, 0.2) is 12.4 Å². The van der Waals surface area contributed by atoms with Crippen molar-refractivity contribution in [2.45, 2.75) is 6.42 Å². The lowest BCUT2D eigenvalue weighted by Crippen LogP contribution is -2.31. The molecule has 0 radical (unpaired) electrons. The van der Waals surface area contributed by atoms with Crippen molar-refractivity contribution in [3.8, 4) is 11.3 Å². The molecule has 1 aromatic heterocycles. The van der Waals surface area contributed by atoms with Crippen molar-refractivity contribution in [1.82, 2.24) is 15.8 Å². The van der Waals surface area contributed by atoms with Crippen LogP contribution in [-0.4, -0.2) is 37.4 Å². The lowest BCUT2D eigenvalue weighted by Gasteiger charge is -2.04. The molecule has 1 aromatic carbocycles. The molecule has 23 heavy (non-hydrogen) atoms. The van der Waals surface area contributed by atoms with Crippen LogP contribution in [0.4, 0.5) is 4.79 Å². The Kier molecular flexibility index (Phi) is 5.99. The van der Waals surface area contributed by atoms with E-state index in [0.717, 1.165) is 5.56 Å². The van der Waals surface area contributed by atoms with Gasteiger partial charge in [0.2, 0.25) is 0 Å². The second-order valence-corrected chi connectivity index (χ2v) is 5.05. The molecule has 8 heteroatoms. The summed E-state index contributed by atoms with van der Waals surface area (Å²) in [6.45, 7) is 0.00613. The zero-order valence-corrected chi connectivity index (χ0v) is 13.2. The van der Waals surface area contributed by atoms with E-state index >= 15 is 0 Å². The molecule has 2 amide bonds. The first-order chi connectivity index (χ1) is 11.1. The SMILES string of the molecule is CNC(=O)COC(=O)NCCc1cc(-c2ccc(Cl)cc2)on1. The summed E-state index contributed by atoms with van der Waals surface area (Å²) in [7, 11) is 1.46. The number of benzene rings is 1. The third-order valence-corrected chi connectivity index (χ3v) is 3.20. The predicted octanol–water partition coefficient (Wildman–Crippen LogP) is 2.01. The van der Waals surface area contributed by atoms with E-state index in [2.05, 4.69) is 15.8 Å². The van der Waals surface area contributed by atoms with E-state index in [1.54, 1.807) is 18.2 Å². The Bertz CT molecular complexity index is 670. The molecule has 2 rings (SSSR count). The Morgan fingerprint density at radius 1 is 1.30 bits per heavy atom. The smallest absolute Gasteiger partial charge is 0.407 e. The van der Waals surface area contributed by atoms with Gasteiger partial charge in [0, 0.05) is 36.7 Å². The second-order valence-electron chi connectivity index (χ2n) is 4.62. The lowest BCUT2D eigenvalue weighted by molar-refractivity contribution is -0.123. The maximum atomic E-state index is 11.3. The molecule has 0 aliphatic rings. The Balaban J connectivity index is 1.78. The van der Waals surface area contributed by atoms with Crippen LogP contribution in [0.2, 0.25) is 5.02 Å². The van der Waals surface area contributed by atoms with Crippen molar-refractivity contribution in [2.24, 2.45) is 0 Å². The normalized spacial score (nSPS) is 10.2. The molecule has 0 fully saturated rings. The largest absolute Gasteiger partial charge is 0.439 e. The molecule has 0 bridgehead atoms. The topological polar surface area (TPSA) is 93.5 Å². The van der Waals surface area contributed by atoms with E-state index in [1.165, 1.54) is 7.05 Å². The fraction of sp³-hybridized carbons (Fsp3) is 0.267. The van der Waals surface area contributed by atoms with Crippen molar-refractivity contribution < 1.29 is 18.8 Å². The quantitative estimate of drug-likeness (QED) is 0.841. The number of rotatable bonds is 6. The fourth-order valence-electron chi connectivity index (χ4n) is 1.73. The Morgan fingerprint density at radius 2 is 2.04 bits per heavy atom. The highest BCUT2D eigenvalue weighted by atomic mass is 35.5. The second kappa shape index (κ2) is 8.19. The lowest BCUT2D eigenvalue weighted by atomic mass is 10.1. The highest BCUT2D eigenvalue weighted by Gasteiger charge is 2.08. The summed E-state index contributed by atoms with van der Waals surface area (Å²) in [6, 6.07) is 9.00. The summed E-state index contributed by atoms with van der Waals surface area (Å²) in [6.07, 6.45) is -0.179. The Labute approximate surface area is 137 Å². The number of ether oxygens (including phenoxy) is 1. The molecular weight excluding hydrogens is 322 g/mol. The third kappa shape index (κ3) is 5.30. The standard InChI is InChI=1S/C15H16ClN3O4/c1-17-14(20)9-22-15(21)18-7-6-12-8-13(23-19-12)10-2-4-11(16)5-3-10/h2-5,8H,6-7,9H2,1H3,(H,17,20)(H,18,21). The average Bonchev–Trinajstić information content (AvgIpc) is 3.02. The third-order valence-electron chi connectivity index (χ3n) is 2.95. The molecule has 0 aliphatic carbocycles. The van der Waals surface area contributed by atoms with Gasteiger partial charge in [-0.2, -0.15) is 0 Å². The number of likely N-dealkylation sites (N-methyl/N-ethyl adjacent to an activating group) is 1. The Morgan fingerprint density at radius 3 is 2.74 bits per heavy atom. The Hall–Kier alpha value is -2.54. The van der Waals surface area contributed by atoms with Crippen LogP contribution in [0.3, 0.4) is 0 Å². The van der Waals surface area contributed by atoms with Crippen LogP contribution in [0.15, 0.2) is 34.9 Å². The first kappa shape index (κ1) is 16.8. The molecule has 0 atom stereocenters. The zero-order chi connectivity index (χ0) is 16.7. The van der Waals surface area contributed by atoms with Crippen LogP contribution < -0.4 is 10.6 Å². The van der Waals surface area contributed by atoms with Crippen LogP contribution in [0.25, 0.3) is 11.3 Å². The summed E-state index contributed by atoms with van der Waals surface area (Å²) in [5, 5.41) is 9.46. The van der Waals surface area contributed by atoms with Gasteiger partial charge >= 0.3 is 6.09 Å². The number of nitrogens with zero attached hydrogens (tertiary/aromatic N) is 1. The highest BCUT2D eigenvalue weighted by molar-refractivity contribution is 6.30. The number of alkyl carbamates (subject to hydrolysis) is 1. The van der Waals surface area contributed by atoms with Gasteiger partial charge in [-0.15, -0.1) is 0 Å². The number of hydrogen-bond donors (Lipinski definition) is 2. The van der Waals surface area contributed by atoms with Gasteiger partial charge in [-0.1, -0.05) is 16.8 Å². The van der Waals surface area contributed by atoms with Gasteiger partial charge in [-0.3, -0.25) is 4.79 Å². The molecule has 122 valence electrons. The van der Waals surface area contributed by atoms with E-state index in [0.29, 0.717) is 29.4 Å². The van der Waals surface area contributed by atoms with E-state index in [1.807, 2.05) is 12.1 Å². The van der Waals surface area contributed by atoms with Crippen molar-refractivity contribution >= 4 is 23.6 Å². The van der Waals surface area contributed by atoms with Crippen molar-refractivity contribution in [3.05, 3.63) is 41.0 Å². The average molecular weight is 338 g/mol. The summed E-state index contributed by atoms with van der Waals surface area (Å²) in [4.78, 5) is 22.3. The minimum absolute atomic E-state index is 0.312. The number of carbonyl (C=O) groups excluding carboxylic acids is 2. The van der Waals surface area contributed by atoms with Crippen LogP contribution in [0.5, 0.6) is 0 Å². The molecule has 0 unspecified atom stereocenters. The molecule has 1 heterocycles. The van der Waals surface area contributed by atoms with E-state index in [4.69, 9.17) is 20.9 Å². The first-order valence-electron chi connectivity index (χ1n) is 6.91. The molecule has 0 saturated heterocycles. The fourth-order valence-corrected chi connectivity index (χ4v) is 1.85.